The Balaban J connectivity index is 2.41. The number of carbonyl (C=O) groups is 2. The summed E-state index contributed by atoms with van der Waals surface area (Å²) in [5, 5.41) is 41.8. The van der Waals surface area contributed by atoms with E-state index >= 15 is 0 Å². The highest BCUT2D eigenvalue weighted by atomic mass is 16.6. The van der Waals surface area contributed by atoms with Crippen LogP contribution >= 0.6 is 0 Å². The van der Waals surface area contributed by atoms with E-state index in [4.69, 9.17) is 9.47 Å². The molecule has 0 amide bonds. The monoisotopic (exact) mass is 368 g/mol. The molecule has 26 heavy (non-hydrogen) atoms. The lowest BCUT2D eigenvalue weighted by molar-refractivity contribution is -0.423. The molecule has 0 saturated carbocycles. The number of benzene rings is 1. The highest BCUT2D eigenvalue weighted by molar-refractivity contribution is 6.07. The largest absolute Gasteiger partial charge is 0.478 e. The molecule has 138 valence electrons. The van der Waals surface area contributed by atoms with Crippen LogP contribution in [0.2, 0.25) is 0 Å². The van der Waals surface area contributed by atoms with E-state index in [1.807, 2.05) is 0 Å². The quantitative estimate of drug-likeness (QED) is 0.377. The van der Waals surface area contributed by atoms with Gasteiger partial charge in [0.2, 0.25) is 0 Å². The number of nitro groups is 2. The minimum absolute atomic E-state index is 0.0944. The minimum Gasteiger partial charge on any atom is -0.478 e. The first-order valence-corrected chi connectivity index (χ1v) is 7.42. The molecule has 2 fully saturated rings. The second kappa shape index (κ2) is 6.31. The lowest BCUT2D eigenvalue weighted by Gasteiger charge is -2.15. The van der Waals surface area contributed by atoms with Crippen molar-refractivity contribution in [2.75, 3.05) is 13.2 Å². The fraction of sp³-hybridized carbons (Fsp3) is 0.429. The van der Waals surface area contributed by atoms with Crippen molar-refractivity contribution in [1.29, 1.82) is 0 Å². The summed E-state index contributed by atoms with van der Waals surface area (Å²) in [7, 11) is 0. The van der Waals surface area contributed by atoms with Gasteiger partial charge in [-0.2, -0.15) is 0 Å². The summed E-state index contributed by atoms with van der Waals surface area (Å²) in [6.45, 7) is 0.555. The molecule has 12 nitrogen and oxygen atoms in total. The molecule has 2 unspecified atom stereocenters. The minimum atomic E-state index is -1.93. The van der Waals surface area contributed by atoms with Gasteiger partial charge in [-0.15, -0.1) is 0 Å². The van der Waals surface area contributed by atoms with E-state index in [0.29, 0.717) is 0 Å². The van der Waals surface area contributed by atoms with Crippen LogP contribution in [0.25, 0.3) is 0 Å². The average molecular weight is 368 g/mol. The SMILES string of the molecule is O=C(O)c1c(CC2CO2)c(CC2CO2)c([N+](=O)[O-])c([N+](=O)[O-])c1C(=O)O. The highest BCUT2D eigenvalue weighted by Gasteiger charge is 2.45. The molecule has 0 spiro atoms. The van der Waals surface area contributed by atoms with Crippen LogP contribution < -0.4 is 0 Å². The number of hydrogen-bond acceptors (Lipinski definition) is 8. The number of nitro benzene ring substituents is 2. The summed E-state index contributed by atoms with van der Waals surface area (Å²) < 4.78 is 10.0. The van der Waals surface area contributed by atoms with Gasteiger partial charge in [0, 0.05) is 18.4 Å². The van der Waals surface area contributed by atoms with Crippen molar-refractivity contribution in [3.63, 3.8) is 0 Å². The Morgan fingerprint density at radius 2 is 1.31 bits per heavy atom. The van der Waals surface area contributed by atoms with Crippen LogP contribution in [0, 0.1) is 20.2 Å². The van der Waals surface area contributed by atoms with Crippen molar-refractivity contribution in [2.45, 2.75) is 25.0 Å². The van der Waals surface area contributed by atoms with Crippen LogP contribution in [0.5, 0.6) is 0 Å². The number of carboxylic acid groups (broad SMARTS) is 2. The molecule has 12 heteroatoms. The smallest absolute Gasteiger partial charge is 0.361 e. The maximum Gasteiger partial charge on any atom is 0.361 e. The van der Waals surface area contributed by atoms with E-state index in [1.165, 1.54) is 0 Å². The molecule has 2 atom stereocenters. The third-order valence-corrected chi connectivity index (χ3v) is 4.12. The van der Waals surface area contributed by atoms with Gasteiger partial charge in [-0.05, 0) is 5.56 Å². The number of aromatic carboxylic acids is 2. The molecule has 2 N–H and O–H groups in total. The molecule has 1 aromatic rings. The Morgan fingerprint density at radius 3 is 1.65 bits per heavy atom. The number of carboxylic acids is 2. The molecule has 0 radical (unpaired) electrons. The Bertz CT molecular complexity index is 772. The van der Waals surface area contributed by atoms with Gasteiger partial charge in [-0.1, -0.05) is 0 Å². The van der Waals surface area contributed by atoms with E-state index in [1.54, 1.807) is 0 Å². The van der Waals surface area contributed by atoms with Crippen molar-refractivity contribution in [3.05, 3.63) is 42.5 Å². The van der Waals surface area contributed by atoms with Gasteiger partial charge < -0.3 is 19.7 Å². The average Bonchev–Trinajstić information content (AvgIpc) is 3.41. The molecular weight excluding hydrogens is 356 g/mol. The van der Waals surface area contributed by atoms with Gasteiger partial charge in [0.1, 0.15) is 0 Å². The standard InChI is InChI=1S/C14H12N2O10/c17-13(18)9-7(1-5-3-25-5)8(2-6-4-26-6)11(15(21)22)12(16(23)24)10(9)14(19)20/h5-6H,1-4H2,(H,17,18)(H,19,20). The zero-order chi connectivity index (χ0) is 19.2. The first kappa shape index (κ1) is 17.7. The van der Waals surface area contributed by atoms with Crippen LogP contribution in [0.4, 0.5) is 11.4 Å². The molecular formula is C14H12N2O10. The molecule has 2 saturated heterocycles. The maximum absolute atomic E-state index is 11.7. The summed E-state index contributed by atoms with van der Waals surface area (Å²) in [5.41, 5.74) is -4.70. The lowest BCUT2D eigenvalue weighted by atomic mass is 9.87. The molecule has 0 bridgehead atoms. The highest BCUT2D eigenvalue weighted by Crippen LogP contribution is 2.42. The third-order valence-electron chi connectivity index (χ3n) is 4.12. The van der Waals surface area contributed by atoms with Crippen LogP contribution in [0.1, 0.15) is 31.8 Å². The summed E-state index contributed by atoms with van der Waals surface area (Å²) in [4.78, 5) is 44.0. The molecule has 2 aliphatic rings. The number of hydrogen-bond donors (Lipinski definition) is 2. The zero-order valence-corrected chi connectivity index (χ0v) is 13.0. The second-order valence-electron chi connectivity index (χ2n) is 5.85. The Morgan fingerprint density at radius 1 is 0.885 bits per heavy atom. The lowest BCUT2D eigenvalue weighted by Crippen LogP contribution is -2.20. The second-order valence-corrected chi connectivity index (χ2v) is 5.85. The van der Waals surface area contributed by atoms with E-state index in [0.717, 1.165) is 0 Å². The van der Waals surface area contributed by atoms with Gasteiger partial charge in [0.15, 0.2) is 5.56 Å². The van der Waals surface area contributed by atoms with E-state index in [2.05, 4.69) is 0 Å². The van der Waals surface area contributed by atoms with Crippen molar-refractivity contribution in [3.8, 4) is 0 Å². The molecule has 3 rings (SSSR count). The molecule has 2 aliphatic heterocycles. The van der Waals surface area contributed by atoms with Gasteiger partial charge in [-0.3, -0.25) is 20.2 Å². The van der Waals surface area contributed by atoms with Crippen molar-refractivity contribution in [2.24, 2.45) is 0 Å². The maximum atomic E-state index is 11.7. The molecule has 0 aromatic heterocycles. The number of rotatable bonds is 8. The van der Waals surface area contributed by atoms with Crippen LogP contribution in [-0.2, 0) is 22.3 Å². The molecule has 2 heterocycles. The van der Waals surface area contributed by atoms with Crippen LogP contribution in [0.15, 0.2) is 0 Å². The Kier molecular flexibility index (Phi) is 4.29. The first-order chi connectivity index (χ1) is 12.2. The summed E-state index contributed by atoms with van der Waals surface area (Å²) in [5.74, 6) is -3.64. The van der Waals surface area contributed by atoms with Gasteiger partial charge in [0.25, 0.3) is 0 Å². The fourth-order valence-electron chi connectivity index (χ4n) is 2.92. The van der Waals surface area contributed by atoms with Crippen molar-refractivity contribution >= 4 is 23.3 Å². The Labute approximate surface area is 144 Å². The Hall–Kier alpha value is -3.12. The number of nitrogens with zero attached hydrogens (tertiary/aromatic N) is 2. The predicted octanol–water partition coefficient (Wildman–Crippen LogP) is 0.782. The number of ether oxygens (including phenoxy) is 2. The third kappa shape index (κ3) is 3.19. The number of epoxide rings is 2. The normalized spacial score (nSPS) is 20.5. The predicted molar refractivity (Wildman–Crippen MR) is 80.6 cm³/mol. The fourth-order valence-corrected chi connectivity index (χ4v) is 2.92. The molecule has 0 aliphatic carbocycles. The van der Waals surface area contributed by atoms with Crippen molar-refractivity contribution < 1.29 is 39.1 Å². The zero-order valence-electron chi connectivity index (χ0n) is 13.0. The van der Waals surface area contributed by atoms with E-state index in [-0.39, 0.29) is 37.2 Å². The first-order valence-electron chi connectivity index (χ1n) is 7.42. The van der Waals surface area contributed by atoms with Crippen LogP contribution in [0.3, 0.4) is 0 Å². The van der Waals surface area contributed by atoms with Gasteiger partial charge >= 0.3 is 23.3 Å². The van der Waals surface area contributed by atoms with Crippen molar-refractivity contribution in [1.82, 2.24) is 0 Å². The molecule has 1 aromatic carbocycles. The summed E-state index contributed by atoms with van der Waals surface area (Å²) >= 11 is 0. The summed E-state index contributed by atoms with van der Waals surface area (Å²) in [6, 6.07) is 0. The van der Waals surface area contributed by atoms with Crippen LogP contribution in [-0.4, -0.2) is 57.4 Å². The summed E-state index contributed by atoms with van der Waals surface area (Å²) in [6.07, 6.45) is -1.08. The topological polar surface area (TPSA) is 186 Å². The van der Waals surface area contributed by atoms with Gasteiger partial charge in [-0.25, -0.2) is 9.59 Å². The van der Waals surface area contributed by atoms with Gasteiger partial charge in [0.05, 0.1) is 40.8 Å². The van der Waals surface area contributed by atoms with E-state index < -0.39 is 56.5 Å². The van der Waals surface area contributed by atoms with E-state index in [9.17, 15) is 40.0 Å².